The van der Waals surface area contributed by atoms with E-state index in [1.165, 1.54) is 0 Å². The van der Waals surface area contributed by atoms with Gasteiger partial charge in [-0.15, -0.1) is 0 Å². The molecule has 132 valence electrons. The first-order valence-electron chi connectivity index (χ1n) is 7.90. The number of phenolic OH excluding ortho intramolecular Hbond substituents is 1. The minimum absolute atomic E-state index is 0.0822. The molecular formula is C20H17BrN2O3. The highest BCUT2D eigenvalue weighted by Gasteiger charge is 2.12. The lowest BCUT2D eigenvalue weighted by molar-refractivity contribution is 0.0952. The molecule has 0 unspecified atom stereocenters. The Kier molecular flexibility index (Phi) is 5.23. The maximum Gasteiger partial charge on any atom is 0.275 e. The van der Waals surface area contributed by atoms with Gasteiger partial charge in [-0.2, -0.15) is 5.10 Å². The number of rotatable bonds is 4. The number of hydrogen-bond donors (Lipinski definition) is 2. The van der Waals surface area contributed by atoms with Gasteiger partial charge in [0, 0.05) is 0 Å². The third-order valence-electron chi connectivity index (χ3n) is 4.00. The van der Waals surface area contributed by atoms with Crippen LogP contribution in [0.1, 0.15) is 22.8 Å². The molecule has 3 aromatic carbocycles. The predicted octanol–water partition coefficient (Wildman–Crippen LogP) is 4.47. The van der Waals surface area contributed by atoms with Crippen molar-refractivity contribution in [3.63, 3.8) is 0 Å². The highest BCUT2D eigenvalue weighted by Crippen LogP contribution is 2.26. The number of carbonyl (C=O) groups is 1. The summed E-state index contributed by atoms with van der Waals surface area (Å²) in [5, 5.41) is 16.0. The number of carbonyl (C=O) groups excluding carboxylic acids is 1. The second kappa shape index (κ2) is 7.58. The van der Waals surface area contributed by atoms with Crippen LogP contribution in [0.4, 0.5) is 0 Å². The maximum absolute atomic E-state index is 12.4. The lowest BCUT2D eigenvalue weighted by Crippen LogP contribution is -2.19. The third kappa shape index (κ3) is 3.70. The van der Waals surface area contributed by atoms with Crippen LogP contribution in [0.2, 0.25) is 0 Å². The van der Waals surface area contributed by atoms with E-state index in [1.54, 1.807) is 26.2 Å². The summed E-state index contributed by atoms with van der Waals surface area (Å²) < 4.78 is 6.00. The van der Waals surface area contributed by atoms with Gasteiger partial charge in [-0.25, -0.2) is 5.43 Å². The number of methoxy groups -OCH3 is 1. The Hall–Kier alpha value is -2.86. The fourth-order valence-electron chi connectivity index (χ4n) is 2.56. The molecule has 0 saturated heterocycles. The average Bonchev–Trinajstić information content (AvgIpc) is 2.65. The van der Waals surface area contributed by atoms with Crippen LogP contribution in [0, 0.1) is 0 Å². The first-order chi connectivity index (χ1) is 12.5. The van der Waals surface area contributed by atoms with Gasteiger partial charge < -0.3 is 9.84 Å². The standard InChI is InChI=1S/C20H17BrN2O3/c1-12(13-7-8-19(26-2)17(21)10-13)22-23-20(25)16-9-14-5-3-4-6-15(14)11-18(16)24/h3-11,24H,1-2H3,(H,23,25)/b22-12-. The van der Waals surface area contributed by atoms with E-state index in [0.717, 1.165) is 20.8 Å². The zero-order valence-electron chi connectivity index (χ0n) is 14.3. The Morgan fingerprint density at radius 3 is 2.46 bits per heavy atom. The Balaban J connectivity index is 1.82. The van der Waals surface area contributed by atoms with Gasteiger partial charge in [-0.05, 0) is 69.5 Å². The molecule has 2 N–H and O–H groups in total. The monoisotopic (exact) mass is 412 g/mol. The van der Waals surface area contributed by atoms with Crippen LogP contribution in [0.3, 0.4) is 0 Å². The molecule has 5 nitrogen and oxygen atoms in total. The van der Waals surface area contributed by atoms with Gasteiger partial charge in [0.25, 0.3) is 5.91 Å². The van der Waals surface area contributed by atoms with Crippen LogP contribution in [0.25, 0.3) is 10.8 Å². The van der Waals surface area contributed by atoms with Crippen LogP contribution in [-0.4, -0.2) is 23.8 Å². The lowest BCUT2D eigenvalue weighted by atomic mass is 10.1. The molecule has 0 spiro atoms. The highest BCUT2D eigenvalue weighted by atomic mass is 79.9. The number of ether oxygens (including phenoxy) is 1. The number of fused-ring (bicyclic) bond motifs is 1. The minimum atomic E-state index is -0.472. The van der Waals surface area contributed by atoms with Crippen LogP contribution in [-0.2, 0) is 0 Å². The number of hydrogen-bond acceptors (Lipinski definition) is 4. The molecule has 0 aliphatic rings. The zero-order chi connectivity index (χ0) is 18.7. The quantitative estimate of drug-likeness (QED) is 0.490. The molecular weight excluding hydrogens is 396 g/mol. The van der Waals surface area contributed by atoms with Crippen molar-refractivity contribution in [2.24, 2.45) is 5.10 Å². The van der Waals surface area contributed by atoms with Crippen molar-refractivity contribution in [3.05, 3.63) is 70.2 Å². The summed E-state index contributed by atoms with van der Waals surface area (Å²) in [6.07, 6.45) is 0. The van der Waals surface area contributed by atoms with Crippen molar-refractivity contribution in [1.29, 1.82) is 0 Å². The second-order valence-corrected chi connectivity index (χ2v) is 6.56. The number of amides is 1. The summed E-state index contributed by atoms with van der Waals surface area (Å²) in [4.78, 5) is 12.4. The van der Waals surface area contributed by atoms with Gasteiger partial charge in [0.15, 0.2) is 0 Å². The topological polar surface area (TPSA) is 70.9 Å². The number of phenols is 1. The average molecular weight is 413 g/mol. The summed E-state index contributed by atoms with van der Waals surface area (Å²) >= 11 is 3.42. The van der Waals surface area contributed by atoms with Gasteiger partial charge in [-0.1, -0.05) is 24.3 Å². The summed E-state index contributed by atoms with van der Waals surface area (Å²) in [5.41, 5.74) is 4.13. The molecule has 1 amide bonds. The molecule has 0 atom stereocenters. The van der Waals surface area contributed by atoms with Crippen molar-refractivity contribution in [1.82, 2.24) is 5.43 Å². The third-order valence-corrected chi connectivity index (χ3v) is 4.62. The molecule has 0 aromatic heterocycles. The summed E-state index contributed by atoms with van der Waals surface area (Å²) in [6, 6.07) is 16.3. The Labute approximate surface area is 159 Å². The van der Waals surface area contributed by atoms with E-state index in [9.17, 15) is 9.90 Å². The second-order valence-electron chi connectivity index (χ2n) is 5.70. The lowest BCUT2D eigenvalue weighted by Gasteiger charge is -2.08. The molecule has 0 aliphatic carbocycles. The molecule has 0 bridgehead atoms. The van der Waals surface area contributed by atoms with Crippen molar-refractivity contribution >= 4 is 38.3 Å². The van der Waals surface area contributed by atoms with Crippen molar-refractivity contribution < 1.29 is 14.6 Å². The molecule has 3 rings (SSSR count). The van der Waals surface area contributed by atoms with E-state index in [0.29, 0.717) is 11.5 Å². The number of aromatic hydroxyl groups is 1. The molecule has 0 radical (unpaired) electrons. The number of nitrogens with zero attached hydrogens (tertiary/aromatic N) is 1. The normalized spacial score (nSPS) is 11.4. The van der Waals surface area contributed by atoms with Gasteiger partial charge >= 0.3 is 0 Å². The smallest absolute Gasteiger partial charge is 0.275 e. The Morgan fingerprint density at radius 1 is 1.12 bits per heavy atom. The molecule has 0 saturated carbocycles. The van der Waals surface area contributed by atoms with Crippen molar-refractivity contribution in [2.75, 3.05) is 7.11 Å². The summed E-state index contributed by atoms with van der Waals surface area (Å²) in [6.45, 7) is 1.79. The first-order valence-corrected chi connectivity index (χ1v) is 8.69. The van der Waals surface area contributed by atoms with Crippen molar-refractivity contribution in [2.45, 2.75) is 6.92 Å². The summed E-state index contributed by atoms with van der Waals surface area (Å²) in [7, 11) is 1.59. The molecule has 3 aromatic rings. The van der Waals surface area contributed by atoms with E-state index in [1.807, 2.05) is 42.5 Å². The maximum atomic E-state index is 12.4. The SMILES string of the molecule is COc1ccc(/C(C)=N\NC(=O)c2cc3ccccc3cc2O)cc1Br. The van der Waals surface area contributed by atoms with E-state index in [2.05, 4.69) is 26.5 Å². The molecule has 0 aliphatic heterocycles. The number of hydrazone groups is 1. The number of halogens is 1. The predicted molar refractivity (Wildman–Crippen MR) is 106 cm³/mol. The fourth-order valence-corrected chi connectivity index (χ4v) is 3.10. The molecule has 6 heteroatoms. The van der Waals surface area contributed by atoms with Crippen LogP contribution < -0.4 is 10.2 Å². The van der Waals surface area contributed by atoms with Gasteiger partial charge in [-0.3, -0.25) is 4.79 Å². The van der Waals surface area contributed by atoms with E-state index < -0.39 is 5.91 Å². The molecule has 26 heavy (non-hydrogen) atoms. The van der Waals surface area contributed by atoms with E-state index in [4.69, 9.17) is 4.74 Å². The zero-order valence-corrected chi connectivity index (χ0v) is 15.9. The van der Waals surface area contributed by atoms with Gasteiger partial charge in [0.05, 0.1) is 22.9 Å². The van der Waals surface area contributed by atoms with Crippen molar-refractivity contribution in [3.8, 4) is 11.5 Å². The fraction of sp³-hybridized carbons (Fsp3) is 0.100. The van der Waals surface area contributed by atoms with Crippen LogP contribution >= 0.6 is 15.9 Å². The number of nitrogens with one attached hydrogen (secondary N) is 1. The first kappa shape index (κ1) is 17.9. The molecule has 0 heterocycles. The van der Waals surface area contributed by atoms with Crippen LogP contribution in [0.5, 0.6) is 11.5 Å². The van der Waals surface area contributed by atoms with E-state index in [-0.39, 0.29) is 11.3 Å². The van der Waals surface area contributed by atoms with Gasteiger partial charge in [0.2, 0.25) is 0 Å². The van der Waals surface area contributed by atoms with E-state index >= 15 is 0 Å². The minimum Gasteiger partial charge on any atom is -0.507 e. The largest absolute Gasteiger partial charge is 0.507 e. The number of benzene rings is 3. The van der Waals surface area contributed by atoms with Gasteiger partial charge in [0.1, 0.15) is 11.5 Å². The Bertz CT molecular complexity index is 1020. The molecule has 0 fully saturated rings. The van der Waals surface area contributed by atoms with Crippen LogP contribution in [0.15, 0.2) is 64.2 Å². The Morgan fingerprint density at radius 2 is 1.81 bits per heavy atom. The highest BCUT2D eigenvalue weighted by molar-refractivity contribution is 9.10. The summed E-state index contributed by atoms with van der Waals surface area (Å²) in [5.74, 6) is 0.160.